The largest absolute Gasteiger partial charge is 0.477 e. The number of hydrogen-bond acceptors (Lipinski definition) is 5. The second-order valence-electron chi connectivity index (χ2n) is 6.38. The Kier molecular flexibility index (Phi) is 4.87. The summed E-state index contributed by atoms with van der Waals surface area (Å²) in [4.78, 5) is 47.5. The van der Waals surface area contributed by atoms with Crippen LogP contribution in [0.1, 0.15) is 66.2 Å². The first-order valence-corrected chi connectivity index (χ1v) is 8.60. The number of benzene rings is 1. The highest BCUT2D eigenvalue weighted by atomic mass is 17.4. The van der Waals surface area contributed by atoms with E-state index in [9.17, 15) is 19.5 Å². The Bertz CT molecular complexity index is 662. The third-order valence-corrected chi connectivity index (χ3v) is 4.72. The van der Waals surface area contributed by atoms with Gasteiger partial charge in [0, 0.05) is 0 Å². The van der Waals surface area contributed by atoms with Crippen LogP contribution in [0.25, 0.3) is 0 Å². The highest BCUT2D eigenvalue weighted by molar-refractivity contribution is 6.21. The summed E-state index contributed by atoms with van der Waals surface area (Å²) >= 11 is 0. The van der Waals surface area contributed by atoms with Gasteiger partial charge in [-0.1, -0.05) is 51.2 Å². The van der Waals surface area contributed by atoms with Crippen molar-refractivity contribution in [3.8, 4) is 0 Å². The van der Waals surface area contributed by atoms with Crippen LogP contribution in [0, 0.1) is 0 Å². The zero-order valence-electron chi connectivity index (χ0n) is 14.1. The van der Waals surface area contributed by atoms with Crippen LogP contribution in [0.3, 0.4) is 0 Å². The molecule has 7 nitrogen and oxygen atoms in total. The number of carboxylic acid groups (broad SMARTS) is 1. The van der Waals surface area contributed by atoms with Gasteiger partial charge in [0.2, 0.25) is 0 Å². The predicted molar refractivity (Wildman–Crippen MR) is 86.6 cm³/mol. The lowest BCUT2D eigenvalue weighted by Gasteiger charge is -2.26. The molecule has 1 N–H and O–H groups in total. The van der Waals surface area contributed by atoms with Crippen LogP contribution >= 0.6 is 0 Å². The van der Waals surface area contributed by atoms with E-state index >= 15 is 0 Å². The molecular weight excluding hydrogens is 326 g/mol. The number of rotatable bonds is 9. The van der Waals surface area contributed by atoms with Crippen LogP contribution < -0.4 is 0 Å². The van der Waals surface area contributed by atoms with Gasteiger partial charge in [0.05, 0.1) is 11.1 Å². The van der Waals surface area contributed by atoms with Crippen LogP contribution in [0.15, 0.2) is 24.3 Å². The number of fused-ring (bicyclic) bond motifs is 1. The Morgan fingerprint density at radius 3 is 2.12 bits per heavy atom. The Labute approximate surface area is 145 Å². The molecular formula is C18H21NO6. The second-order valence-corrected chi connectivity index (χ2v) is 6.38. The maximum atomic E-state index is 12.7. The van der Waals surface area contributed by atoms with Gasteiger partial charge in [-0.25, -0.2) is 4.79 Å². The van der Waals surface area contributed by atoms with Crippen molar-refractivity contribution in [3.63, 3.8) is 0 Å². The molecule has 7 heteroatoms. The molecule has 0 aliphatic carbocycles. The molecule has 2 aliphatic heterocycles. The lowest BCUT2D eigenvalue weighted by Crippen LogP contribution is -2.52. The highest BCUT2D eigenvalue weighted by Crippen LogP contribution is 2.41. The zero-order chi connectivity index (χ0) is 18.0. The first-order chi connectivity index (χ1) is 12.0. The molecule has 1 aromatic carbocycles. The van der Waals surface area contributed by atoms with Crippen molar-refractivity contribution in [2.75, 3.05) is 0 Å². The number of carbonyl (C=O) groups excluding carboxylic acids is 2. The lowest BCUT2D eigenvalue weighted by atomic mass is 9.98. The number of carbonyl (C=O) groups is 3. The summed E-state index contributed by atoms with van der Waals surface area (Å²) < 4.78 is 0. The topological polar surface area (TPSA) is 99.7 Å². The molecule has 1 fully saturated rings. The third-order valence-electron chi connectivity index (χ3n) is 4.72. The van der Waals surface area contributed by atoms with Crippen LogP contribution in [-0.2, 0) is 14.6 Å². The number of amides is 2. The number of unbranched alkanes of at least 4 members (excludes halogenated alkanes) is 4. The fourth-order valence-electron chi connectivity index (χ4n) is 3.29. The minimum Gasteiger partial charge on any atom is -0.477 e. The van der Waals surface area contributed by atoms with Crippen molar-refractivity contribution in [1.29, 1.82) is 0 Å². The molecule has 25 heavy (non-hydrogen) atoms. The SMILES string of the molecule is CCCCCCCC(N1C(=O)c2ccccc2C1=O)C1(C(=O)O)OO1. The smallest absolute Gasteiger partial charge is 0.372 e. The van der Waals surface area contributed by atoms with Gasteiger partial charge >= 0.3 is 11.8 Å². The average Bonchev–Trinajstić information content (AvgIpc) is 3.37. The molecule has 0 radical (unpaired) electrons. The monoisotopic (exact) mass is 347 g/mol. The minimum absolute atomic E-state index is 0.282. The van der Waals surface area contributed by atoms with Gasteiger partial charge in [0.25, 0.3) is 11.8 Å². The first-order valence-electron chi connectivity index (χ1n) is 8.60. The van der Waals surface area contributed by atoms with Crippen LogP contribution in [0.2, 0.25) is 0 Å². The van der Waals surface area contributed by atoms with E-state index < -0.39 is 29.6 Å². The molecule has 2 aliphatic rings. The summed E-state index contributed by atoms with van der Waals surface area (Å²) in [6.07, 6.45) is 5.10. The molecule has 1 atom stereocenters. The van der Waals surface area contributed by atoms with Crippen molar-refractivity contribution < 1.29 is 29.3 Å². The lowest BCUT2D eigenvalue weighted by molar-refractivity contribution is -0.146. The molecule has 0 aromatic heterocycles. The van der Waals surface area contributed by atoms with E-state index in [1.54, 1.807) is 24.3 Å². The van der Waals surface area contributed by atoms with E-state index in [0.717, 1.165) is 30.6 Å². The normalized spacial score (nSPS) is 19.0. The van der Waals surface area contributed by atoms with Crippen LogP contribution in [-0.4, -0.2) is 39.6 Å². The van der Waals surface area contributed by atoms with Crippen molar-refractivity contribution in [3.05, 3.63) is 35.4 Å². The average molecular weight is 347 g/mol. The zero-order valence-corrected chi connectivity index (χ0v) is 14.1. The maximum Gasteiger partial charge on any atom is 0.372 e. The van der Waals surface area contributed by atoms with Crippen LogP contribution in [0.4, 0.5) is 0 Å². The fourth-order valence-corrected chi connectivity index (χ4v) is 3.29. The van der Waals surface area contributed by atoms with Crippen molar-refractivity contribution >= 4 is 17.8 Å². The van der Waals surface area contributed by atoms with Gasteiger partial charge in [-0.15, -0.1) is 0 Å². The molecule has 1 unspecified atom stereocenters. The van der Waals surface area contributed by atoms with Gasteiger partial charge in [-0.3, -0.25) is 14.5 Å². The van der Waals surface area contributed by atoms with E-state index in [-0.39, 0.29) is 11.1 Å². The molecule has 0 saturated carbocycles. The molecule has 1 saturated heterocycles. The summed E-state index contributed by atoms with van der Waals surface area (Å²) in [5.41, 5.74) is 0.564. The summed E-state index contributed by atoms with van der Waals surface area (Å²) in [5.74, 6) is -4.28. The minimum atomic E-state index is -1.95. The predicted octanol–water partition coefficient (Wildman–Crippen LogP) is 2.75. The Balaban J connectivity index is 1.82. The van der Waals surface area contributed by atoms with E-state index in [4.69, 9.17) is 9.78 Å². The molecule has 3 rings (SSSR count). The number of carboxylic acids is 1. The third kappa shape index (κ3) is 3.05. The molecule has 2 heterocycles. The number of aliphatic carboxylic acids is 1. The van der Waals surface area contributed by atoms with Gasteiger partial charge in [-0.2, -0.15) is 9.78 Å². The number of hydrogen-bond donors (Lipinski definition) is 1. The summed E-state index contributed by atoms with van der Waals surface area (Å²) in [7, 11) is 0. The quantitative estimate of drug-likeness (QED) is 0.319. The van der Waals surface area contributed by atoms with Gasteiger partial charge in [-0.05, 0) is 18.6 Å². The standard InChI is InChI=1S/C18H21NO6/c1-2-3-4-5-6-11-14(18(17(22)23)24-25-18)19-15(20)12-9-7-8-10-13(12)16(19)21/h7-10,14H,2-6,11H2,1H3,(H,22,23). The Morgan fingerprint density at radius 2 is 1.64 bits per heavy atom. The first kappa shape index (κ1) is 17.6. The number of nitrogens with zero attached hydrogens (tertiary/aromatic N) is 1. The summed E-state index contributed by atoms with van der Waals surface area (Å²) in [6, 6.07) is 5.49. The second kappa shape index (κ2) is 6.93. The van der Waals surface area contributed by atoms with E-state index in [1.165, 1.54) is 0 Å². The van der Waals surface area contributed by atoms with Gasteiger partial charge in [0.1, 0.15) is 6.04 Å². The summed E-state index contributed by atoms with van der Waals surface area (Å²) in [6.45, 7) is 2.10. The number of imide groups is 1. The van der Waals surface area contributed by atoms with Crippen molar-refractivity contribution in [2.45, 2.75) is 57.3 Å². The van der Waals surface area contributed by atoms with E-state index in [0.29, 0.717) is 12.8 Å². The Hall–Kier alpha value is -2.25. The Morgan fingerprint density at radius 1 is 1.08 bits per heavy atom. The van der Waals surface area contributed by atoms with Gasteiger partial charge in [0.15, 0.2) is 0 Å². The molecule has 2 amide bonds. The molecule has 1 aromatic rings. The molecule has 0 spiro atoms. The summed E-state index contributed by atoms with van der Waals surface area (Å²) in [5, 5.41) is 9.47. The molecule has 0 bridgehead atoms. The highest BCUT2D eigenvalue weighted by Gasteiger charge is 2.67. The fraction of sp³-hybridized carbons (Fsp3) is 0.500. The van der Waals surface area contributed by atoms with Crippen molar-refractivity contribution in [2.24, 2.45) is 0 Å². The van der Waals surface area contributed by atoms with E-state index in [2.05, 4.69) is 6.92 Å². The van der Waals surface area contributed by atoms with Crippen molar-refractivity contribution in [1.82, 2.24) is 4.90 Å². The van der Waals surface area contributed by atoms with Crippen LogP contribution in [0.5, 0.6) is 0 Å². The van der Waals surface area contributed by atoms with E-state index in [1.807, 2.05) is 0 Å². The molecule has 134 valence electrons. The van der Waals surface area contributed by atoms with Gasteiger partial charge < -0.3 is 5.11 Å². The maximum absolute atomic E-state index is 12.7.